The summed E-state index contributed by atoms with van der Waals surface area (Å²) in [5.41, 5.74) is 2.49. The zero-order chi connectivity index (χ0) is 13.1. The second-order valence-corrected chi connectivity index (χ2v) is 5.63. The van der Waals surface area contributed by atoms with Gasteiger partial charge >= 0.3 is 0 Å². The summed E-state index contributed by atoms with van der Waals surface area (Å²) in [6.45, 7) is 1.99. The molecule has 0 unspecified atom stereocenters. The highest BCUT2D eigenvalue weighted by Crippen LogP contribution is 2.24. The third kappa shape index (κ3) is 3.00. The maximum Gasteiger partial charge on any atom is 0.256 e. The molecule has 2 rings (SSSR count). The molecule has 0 aliphatic heterocycles. The van der Waals surface area contributed by atoms with E-state index in [0.29, 0.717) is 5.56 Å². The molecule has 0 aromatic heterocycles. The maximum absolute atomic E-state index is 12.1. The van der Waals surface area contributed by atoms with Crippen molar-refractivity contribution in [1.82, 2.24) is 0 Å². The van der Waals surface area contributed by atoms with Crippen molar-refractivity contribution < 1.29 is 4.79 Å². The first kappa shape index (κ1) is 13.3. The summed E-state index contributed by atoms with van der Waals surface area (Å²) < 4.78 is 1.66. The Hall–Kier alpha value is -1.13. The zero-order valence-electron chi connectivity index (χ0n) is 9.71. The van der Waals surface area contributed by atoms with Gasteiger partial charge in [0.05, 0.1) is 11.3 Å². The molecule has 0 atom stereocenters. The molecule has 0 aliphatic carbocycles. The lowest BCUT2D eigenvalue weighted by molar-refractivity contribution is 0.102. The summed E-state index contributed by atoms with van der Waals surface area (Å²) in [6.07, 6.45) is 0. The van der Waals surface area contributed by atoms with Crippen LogP contribution in [0.4, 0.5) is 5.69 Å². The summed E-state index contributed by atoms with van der Waals surface area (Å²) in [4.78, 5) is 12.1. The summed E-state index contributed by atoms with van der Waals surface area (Å²) in [5.74, 6) is -0.131. The molecular weight excluding hydrogens is 358 g/mol. The molecule has 18 heavy (non-hydrogen) atoms. The second kappa shape index (κ2) is 5.67. The van der Waals surface area contributed by atoms with Gasteiger partial charge in [-0.05, 0) is 68.6 Å². The van der Waals surface area contributed by atoms with Gasteiger partial charge in [0.15, 0.2) is 0 Å². The van der Waals surface area contributed by atoms with Crippen molar-refractivity contribution in [3.63, 3.8) is 0 Å². The summed E-state index contributed by atoms with van der Waals surface area (Å²) in [5, 5.41) is 2.87. The lowest BCUT2D eigenvalue weighted by Gasteiger charge is -2.09. The van der Waals surface area contributed by atoms with Crippen LogP contribution in [0.3, 0.4) is 0 Å². The van der Waals surface area contributed by atoms with E-state index in [1.165, 1.54) is 0 Å². The van der Waals surface area contributed by atoms with Gasteiger partial charge in [-0.15, -0.1) is 0 Å². The van der Waals surface area contributed by atoms with Crippen molar-refractivity contribution in [2.45, 2.75) is 6.92 Å². The Bertz CT molecular complexity index is 596. The quantitative estimate of drug-likeness (QED) is 0.812. The monoisotopic (exact) mass is 367 g/mol. The number of hydrogen-bond acceptors (Lipinski definition) is 1. The number of halogens is 2. The molecule has 4 heteroatoms. The number of para-hydroxylation sites is 1. The first-order valence-electron chi connectivity index (χ1n) is 5.40. The van der Waals surface area contributed by atoms with E-state index in [9.17, 15) is 4.79 Å². The minimum Gasteiger partial charge on any atom is -0.321 e. The third-order valence-corrected chi connectivity index (χ3v) is 3.84. The topological polar surface area (TPSA) is 29.1 Å². The molecule has 0 bridgehead atoms. The predicted octanol–water partition coefficient (Wildman–Crippen LogP) is 4.77. The molecule has 2 aromatic rings. The summed E-state index contributed by atoms with van der Waals surface area (Å²) >= 11 is 6.81. The van der Waals surface area contributed by atoms with Gasteiger partial charge in [-0.3, -0.25) is 4.79 Å². The highest BCUT2D eigenvalue weighted by Gasteiger charge is 2.11. The van der Waals surface area contributed by atoms with Crippen molar-refractivity contribution in [3.8, 4) is 0 Å². The first-order chi connectivity index (χ1) is 8.58. The average molecular weight is 369 g/mol. The van der Waals surface area contributed by atoms with Crippen molar-refractivity contribution in [2.75, 3.05) is 5.32 Å². The Labute approximate surface area is 123 Å². The zero-order valence-corrected chi connectivity index (χ0v) is 12.9. The van der Waals surface area contributed by atoms with Crippen LogP contribution in [0.15, 0.2) is 51.4 Å². The average Bonchev–Trinajstić information content (AvgIpc) is 2.32. The molecule has 2 aromatic carbocycles. The van der Waals surface area contributed by atoms with E-state index >= 15 is 0 Å². The number of amides is 1. The Kier molecular flexibility index (Phi) is 4.19. The van der Waals surface area contributed by atoms with Crippen LogP contribution >= 0.6 is 31.9 Å². The smallest absolute Gasteiger partial charge is 0.256 e. The molecule has 0 saturated carbocycles. The van der Waals surface area contributed by atoms with Gasteiger partial charge in [-0.2, -0.15) is 0 Å². The largest absolute Gasteiger partial charge is 0.321 e. The number of aryl methyl sites for hydroxylation is 1. The second-order valence-electron chi connectivity index (χ2n) is 3.92. The van der Waals surface area contributed by atoms with Crippen LogP contribution in [0, 0.1) is 6.92 Å². The van der Waals surface area contributed by atoms with E-state index in [4.69, 9.17) is 0 Å². The van der Waals surface area contributed by atoms with Crippen molar-refractivity contribution in [2.24, 2.45) is 0 Å². The van der Waals surface area contributed by atoms with Crippen molar-refractivity contribution >= 4 is 43.5 Å². The van der Waals surface area contributed by atoms with Crippen LogP contribution < -0.4 is 5.32 Å². The van der Waals surface area contributed by atoms with E-state index in [1.807, 2.05) is 49.4 Å². The van der Waals surface area contributed by atoms with Gasteiger partial charge in [-0.1, -0.05) is 18.2 Å². The van der Waals surface area contributed by atoms with Gasteiger partial charge in [0, 0.05) is 8.95 Å². The Morgan fingerprint density at radius 3 is 2.44 bits per heavy atom. The van der Waals surface area contributed by atoms with E-state index in [1.54, 1.807) is 0 Å². The molecule has 0 radical (unpaired) electrons. The lowest BCUT2D eigenvalue weighted by Crippen LogP contribution is -2.12. The van der Waals surface area contributed by atoms with Crippen LogP contribution in [0.25, 0.3) is 0 Å². The van der Waals surface area contributed by atoms with Crippen LogP contribution in [-0.4, -0.2) is 5.91 Å². The molecule has 92 valence electrons. The van der Waals surface area contributed by atoms with Crippen LogP contribution in [0.5, 0.6) is 0 Å². The Morgan fingerprint density at radius 1 is 1.06 bits per heavy atom. The fourth-order valence-electron chi connectivity index (χ4n) is 1.56. The third-order valence-electron chi connectivity index (χ3n) is 2.49. The standard InChI is InChI=1S/C14H11Br2NO/c1-9-6-7-10(12(16)8-9)14(18)17-13-5-3-2-4-11(13)15/h2-8H,1H3,(H,17,18). The van der Waals surface area contributed by atoms with E-state index < -0.39 is 0 Å². The number of carbonyl (C=O) groups is 1. The predicted molar refractivity (Wildman–Crippen MR) is 81.0 cm³/mol. The lowest BCUT2D eigenvalue weighted by atomic mass is 10.1. The highest BCUT2D eigenvalue weighted by atomic mass is 79.9. The minimum atomic E-state index is -0.131. The normalized spacial score (nSPS) is 10.2. The molecule has 0 fully saturated rings. The molecule has 0 aliphatic rings. The van der Waals surface area contributed by atoms with Crippen LogP contribution in [-0.2, 0) is 0 Å². The summed E-state index contributed by atoms with van der Waals surface area (Å²) in [7, 11) is 0. The molecule has 1 N–H and O–H groups in total. The van der Waals surface area contributed by atoms with E-state index in [0.717, 1.165) is 20.2 Å². The number of anilines is 1. The van der Waals surface area contributed by atoms with Gasteiger partial charge in [0.1, 0.15) is 0 Å². The molecule has 2 nitrogen and oxygen atoms in total. The molecular formula is C14H11Br2NO. The number of benzene rings is 2. The highest BCUT2D eigenvalue weighted by molar-refractivity contribution is 9.11. The fraction of sp³-hybridized carbons (Fsp3) is 0.0714. The Balaban J connectivity index is 2.25. The Morgan fingerprint density at radius 2 is 1.78 bits per heavy atom. The van der Waals surface area contributed by atoms with Gasteiger partial charge < -0.3 is 5.32 Å². The van der Waals surface area contributed by atoms with Crippen molar-refractivity contribution in [1.29, 1.82) is 0 Å². The number of rotatable bonds is 2. The van der Waals surface area contributed by atoms with E-state index in [2.05, 4.69) is 37.2 Å². The van der Waals surface area contributed by atoms with Crippen LogP contribution in [0.1, 0.15) is 15.9 Å². The number of hydrogen-bond donors (Lipinski definition) is 1. The van der Waals surface area contributed by atoms with Gasteiger partial charge in [0.25, 0.3) is 5.91 Å². The maximum atomic E-state index is 12.1. The minimum absolute atomic E-state index is 0.131. The molecule has 0 heterocycles. The fourth-order valence-corrected chi connectivity index (χ4v) is 2.61. The summed E-state index contributed by atoms with van der Waals surface area (Å²) in [6, 6.07) is 13.2. The van der Waals surface area contributed by atoms with Gasteiger partial charge in [-0.25, -0.2) is 0 Å². The molecule has 0 spiro atoms. The van der Waals surface area contributed by atoms with E-state index in [-0.39, 0.29) is 5.91 Å². The van der Waals surface area contributed by atoms with Gasteiger partial charge in [0.2, 0.25) is 0 Å². The molecule has 0 saturated heterocycles. The number of nitrogens with one attached hydrogen (secondary N) is 1. The number of carbonyl (C=O) groups excluding carboxylic acids is 1. The first-order valence-corrected chi connectivity index (χ1v) is 6.98. The molecule has 1 amide bonds. The van der Waals surface area contributed by atoms with Crippen molar-refractivity contribution in [3.05, 3.63) is 62.5 Å². The van der Waals surface area contributed by atoms with Crippen LogP contribution in [0.2, 0.25) is 0 Å². The SMILES string of the molecule is Cc1ccc(C(=O)Nc2ccccc2Br)c(Br)c1.